The van der Waals surface area contributed by atoms with Gasteiger partial charge in [0.25, 0.3) is 0 Å². The highest BCUT2D eigenvalue weighted by molar-refractivity contribution is 5.61. The first-order chi connectivity index (χ1) is 10.2. The molecule has 1 aromatic carbocycles. The zero-order chi connectivity index (χ0) is 14.4. The van der Waals surface area contributed by atoms with Gasteiger partial charge in [0, 0.05) is 31.4 Å². The predicted molar refractivity (Wildman–Crippen MR) is 83.1 cm³/mol. The van der Waals surface area contributed by atoms with Crippen molar-refractivity contribution in [2.75, 3.05) is 31.1 Å². The van der Waals surface area contributed by atoms with Crippen LogP contribution in [0.5, 0.6) is 0 Å². The van der Waals surface area contributed by atoms with Crippen LogP contribution < -0.4 is 10.6 Å². The molecule has 2 atom stereocenters. The molecule has 2 unspecified atom stereocenters. The molecule has 0 radical (unpaired) electrons. The lowest BCUT2D eigenvalue weighted by molar-refractivity contribution is 0.155. The van der Waals surface area contributed by atoms with Crippen LogP contribution in [0.2, 0.25) is 0 Å². The van der Waals surface area contributed by atoms with Crippen LogP contribution in [-0.2, 0) is 6.42 Å². The third kappa shape index (κ3) is 1.92. The lowest BCUT2D eigenvalue weighted by Gasteiger charge is -2.47. The van der Waals surface area contributed by atoms with Crippen molar-refractivity contribution in [2.24, 2.45) is 5.73 Å². The van der Waals surface area contributed by atoms with Gasteiger partial charge in [0.05, 0.1) is 5.54 Å². The summed E-state index contributed by atoms with van der Waals surface area (Å²) in [5.74, 6) is -0.133. The maximum atomic E-state index is 13.7. The predicted octanol–water partition coefficient (Wildman–Crippen LogP) is 2.14. The molecule has 0 amide bonds. The van der Waals surface area contributed by atoms with E-state index in [0.29, 0.717) is 12.6 Å². The average Bonchev–Trinajstić information content (AvgIpc) is 3.09. The second-order valence-electron chi connectivity index (χ2n) is 6.78. The largest absolute Gasteiger partial charge is 0.362 e. The third-order valence-corrected chi connectivity index (χ3v) is 5.90. The van der Waals surface area contributed by atoms with Gasteiger partial charge in [-0.15, -0.1) is 0 Å². The Balaban J connectivity index is 1.73. The Morgan fingerprint density at radius 1 is 1.24 bits per heavy atom. The molecule has 1 aromatic rings. The van der Waals surface area contributed by atoms with Gasteiger partial charge in [-0.1, -0.05) is 12.5 Å². The van der Waals surface area contributed by atoms with Crippen LogP contribution in [0.3, 0.4) is 0 Å². The average molecular weight is 289 g/mol. The topological polar surface area (TPSA) is 32.5 Å². The quantitative estimate of drug-likeness (QED) is 0.905. The molecule has 0 spiro atoms. The first-order valence-corrected chi connectivity index (χ1v) is 8.25. The van der Waals surface area contributed by atoms with Crippen LogP contribution in [0.4, 0.5) is 10.1 Å². The number of nitrogens with zero attached hydrogens (tertiary/aromatic N) is 2. The molecule has 2 fully saturated rings. The molecule has 3 nitrogen and oxygen atoms in total. The second-order valence-corrected chi connectivity index (χ2v) is 6.78. The molecule has 3 heterocycles. The molecule has 0 bridgehead atoms. The number of benzene rings is 1. The zero-order valence-electron chi connectivity index (χ0n) is 12.5. The molecule has 4 heteroatoms. The first-order valence-electron chi connectivity index (χ1n) is 8.25. The molecule has 2 N–H and O–H groups in total. The summed E-state index contributed by atoms with van der Waals surface area (Å²) in [6.45, 7) is 4.00. The highest BCUT2D eigenvalue weighted by Gasteiger charge is 2.51. The van der Waals surface area contributed by atoms with Gasteiger partial charge in [-0.3, -0.25) is 4.90 Å². The normalized spacial score (nSPS) is 32.3. The number of hydrogen-bond donors (Lipinski definition) is 1. The van der Waals surface area contributed by atoms with Gasteiger partial charge in [-0.2, -0.15) is 0 Å². The fourth-order valence-corrected chi connectivity index (χ4v) is 4.85. The standard InChI is InChI=1S/C17H24FN3/c18-14-5-4-13-6-9-21(15(13)11-14)17(12-19)7-10-20-8-2-1-3-16(17)20/h4-5,11,16H,1-3,6-10,12,19H2. The van der Waals surface area contributed by atoms with E-state index in [1.165, 1.54) is 31.4 Å². The van der Waals surface area contributed by atoms with Gasteiger partial charge >= 0.3 is 0 Å². The van der Waals surface area contributed by atoms with Crippen LogP contribution in [0.25, 0.3) is 0 Å². The molecule has 0 aliphatic carbocycles. The SMILES string of the molecule is NCC1(N2CCc3ccc(F)cc32)CCN2CCCCC21. The van der Waals surface area contributed by atoms with E-state index in [9.17, 15) is 4.39 Å². The monoisotopic (exact) mass is 289 g/mol. The van der Waals surface area contributed by atoms with Crippen LogP contribution in [0, 0.1) is 5.82 Å². The van der Waals surface area contributed by atoms with Crippen molar-refractivity contribution in [3.63, 3.8) is 0 Å². The molecule has 0 aromatic heterocycles. The summed E-state index contributed by atoms with van der Waals surface area (Å²) in [4.78, 5) is 5.06. The van der Waals surface area contributed by atoms with E-state index in [0.717, 1.165) is 31.6 Å². The lowest BCUT2D eigenvalue weighted by Crippen LogP contribution is -2.61. The van der Waals surface area contributed by atoms with E-state index >= 15 is 0 Å². The molecule has 3 aliphatic heterocycles. The Bertz CT molecular complexity index is 547. The van der Waals surface area contributed by atoms with Gasteiger partial charge in [-0.05, 0) is 49.9 Å². The van der Waals surface area contributed by atoms with Crippen LogP contribution >= 0.6 is 0 Å². The van der Waals surface area contributed by atoms with E-state index in [2.05, 4.69) is 9.80 Å². The Kier molecular flexibility index (Phi) is 3.19. The molecule has 0 saturated carbocycles. The third-order valence-electron chi connectivity index (χ3n) is 5.90. The molecule has 3 aliphatic rings. The highest BCUT2D eigenvalue weighted by atomic mass is 19.1. The highest BCUT2D eigenvalue weighted by Crippen LogP contribution is 2.44. The van der Waals surface area contributed by atoms with Crippen LogP contribution in [-0.4, -0.2) is 42.7 Å². The van der Waals surface area contributed by atoms with Crippen LogP contribution in [0.1, 0.15) is 31.2 Å². The summed E-state index contributed by atoms with van der Waals surface area (Å²) in [7, 11) is 0. The minimum atomic E-state index is -0.133. The summed E-state index contributed by atoms with van der Waals surface area (Å²) < 4.78 is 13.7. The maximum Gasteiger partial charge on any atom is 0.125 e. The molecule has 21 heavy (non-hydrogen) atoms. The maximum absolute atomic E-state index is 13.7. The van der Waals surface area contributed by atoms with Gasteiger partial charge in [0.1, 0.15) is 5.82 Å². The van der Waals surface area contributed by atoms with E-state index in [1.807, 2.05) is 6.07 Å². The van der Waals surface area contributed by atoms with Crippen molar-refractivity contribution in [1.29, 1.82) is 0 Å². The lowest BCUT2D eigenvalue weighted by atomic mass is 9.83. The van der Waals surface area contributed by atoms with Crippen molar-refractivity contribution in [3.05, 3.63) is 29.6 Å². The number of fused-ring (bicyclic) bond motifs is 2. The van der Waals surface area contributed by atoms with Crippen molar-refractivity contribution >= 4 is 5.69 Å². The number of nitrogens with two attached hydrogens (primary N) is 1. The number of hydrogen-bond acceptors (Lipinski definition) is 3. The Morgan fingerprint density at radius 3 is 3.00 bits per heavy atom. The number of anilines is 1. The fourth-order valence-electron chi connectivity index (χ4n) is 4.85. The fraction of sp³-hybridized carbons (Fsp3) is 0.647. The number of halogens is 1. The minimum Gasteiger partial charge on any atom is -0.362 e. The zero-order valence-corrected chi connectivity index (χ0v) is 12.5. The Labute approximate surface area is 125 Å². The molecular weight excluding hydrogens is 265 g/mol. The molecular formula is C17H24FN3. The molecule has 2 saturated heterocycles. The van der Waals surface area contributed by atoms with Crippen molar-refractivity contribution in [2.45, 2.75) is 43.7 Å². The van der Waals surface area contributed by atoms with Crippen LogP contribution in [0.15, 0.2) is 18.2 Å². The smallest absolute Gasteiger partial charge is 0.125 e. The van der Waals surface area contributed by atoms with Gasteiger partial charge < -0.3 is 10.6 Å². The first kappa shape index (κ1) is 13.5. The second kappa shape index (κ2) is 4.96. The van der Waals surface area contributed by atoms with E-state index in [1.54, 1.807) is 12.1 Å². The van der Waals surface area contributed by atoms with Crippen molar-refractivity contribution in [1.82, 2.24) is 4.90 Å². The minimum absolute atomic E-state index is 0.0134. The number of rotatable bonds is 2. The van der Waals surface area contributed by atoms with E-state index < -0.39 is 0 Å². The Hall–Kier alpha value is -1.13. The van der Waals surface area contributed by atoms with Gasteiger partial charge in [0.2, 0.25) is 0 Å². The summed E-state index contributed by atoms with van der Waals surface area (Å²) >= 11 is 0. The van der Waals surface area contributed by atoms with Crippen molar-refractivity contribution in [3.8, 4) is 0 Å². The summed E-state index contributed by atoms with van der Waals surface area (Å²) in [6.07, 6.45) is 5.97. The molecule has 4 rings (SSSR count). The molecule has 114 valence electrons. The van der Waals surface area contributed by atoms with E-state index in [4.69, 9.17) is 5.73 Å². The summed E-state index contributed by atoms with van der Waals surface area (Å²) in [5, 5.41) is 0. The van der Waals surface area contributed by atoms with E-state index in [-0.39, 0.29) is 11.4 Å². The summed E-state index contributed by atoms with van der Waals surface area (Å²) in [6, 6.07) is 5.79. The van der Waals surface area contributed by atoms with Crippen molar-refractivity contribution < 1.29 is 4.39 Å². The summed E-state index contributed by atoms with van der Waals surface area (Å²) in [5.41, 5.74) is 8.67. The van der Waals surface area contributed by atoms with Gasteiger partial charge in [-0.25, -0.2) is 4.39 Å². The Morgan fingerprint density at radius 2 is 2.14 bits per heavy atom. The van der Waals surface area contributed by atoms with Gasteiger partial charge in [0.15, 0.2) is 0 Å². The number of piperidine rings is 1.